The zero-order valence-electron chi connectivity index (χ0n) is 12.1. The summed E-state index contributed by atoms with van der Waals surface area (Å²) in [5.41, 5.74) is 0. The van der Waals surface area contributed by atoms with Gasteiger partial charge in [-0.25, -0.2) is 0 Å². The van der Waals surface area contributed by atoms with Crippen LogP contribution in [-0.4, -0.2) is 44.2 Å². The summed E-state index contributed by atoms with van der Waals surface area (Å²) in [5.74, 6) is 1.68. The largest absolute Gasteiger partial charge is 0.494 e. The van der Waals surface area contributed by atoms with Gasteiger partial charge in [-0.2, -0.15) is 0 Å². The van der Waals surface area contributed by atoms with Gasteiger partial charge < -0.3 is 14.4 Å². The molecule has 2 rings (SSSR count). The highest BCUT2D eigenvalue weighted by atomic mass is 16.5. The fraction of sp³-hybridized carbons (Fsp3) is 0.562. The lowest BCUT2D eigenvalue weighted by Gasteiger charge is -2.16. The summed E-state index contributed by atoms with van der Waals surface area (Å²) < 4.78 is 10.7. The smallest absolute Gasteiger partial charge is 0.224 e. The first-order valence-electron chi connectivity index (χ1n) is 7.24. The van der Waals surface area contributed by atoms with Gasteiger partial charge >= 0.3 is 0 Å². The molecule has 1 fully saturated rings. The van der Waals surface area contributed by atoms with Crippen LogP contribution in [0.4, 0.5) is 0 Å². The standard InChI is InChI=1S/C16H23NO3/c1-19-11-9-16(18)17-10-7-14(13-17)8-12-20-15-5-3-2-4-6-15/h2-6,14H,7-13H2,1H3. The maximum absolute atomic E-state index is 11.9. The van der Waals surface area contributed by atoms with Crippen LogP contribution in [0.15, 0.2) is 30.3 Å². The van der Waals surface area contributed by atoms with Crippen LogP contribution in [0.1, 0.15) is 19.3 Å². The van der Waals surface area contributed by atoms with Crippen molar-refractivity contribution in [3.63, 3.8) is 0 Å². The van der Waals surface area contributed by atoms with Crippen LogP contribution >= 0.6 is 0 Å². The lowest BCUT2D eigenvalue weighted by Crippen LogP contribution is -2.29. The van der Waals surface area contributed by atoms with E-state index in [1.54, 1.807) is 7.11 Å². The number of likely N-dealkylation sites (tertiary alicyclic amines) is 1. The molecule has 1 atom stereocenters. The molecule has 1 unspecified atom stereocenters. The molecule has 1 aromatic carbocycles. The molecule has 1 aromatic rings. The Morgan fingerprint density at radius 3 is 2.85 bits per heavy atom. The molecule has 4 heteroatoms. The zero-order valence-corrected chi connectivity index (χ0v) is 12.1. The van der Waals surface area contributed by atoms with Crippen molar-refractivity contribution in [3.05, 3.63) is 30.3 Å². The number of methoxy groups -OCH3 is 1. The second-order valence-electron chi connectivity index (χ2n) is 5.19. The van der Waals surface area contributed by atoms with Gasteiger partial charge in [0.2, 0.25) is 5.91 Å². The fourth-order valence-electron chi connectivity index (χ4n) is 2.50. The maximum Gasteiger partial charge on any atom is 0.224 e. The van der Waals surface area contributed by atoms with Crippen molar-refractivity contribution in [2.24, 2.45) is 5.92 Å². The lowest BCUT2D eigenvalue weighted by molar-refractivity contribution is -0.131. The average Bonchev–Trinajstić information content (AvgIpc) is 2.95. The van der Waals surface area contributed by atoms with E-state index in [2.05, 4.69) is 0 Å². The van der Waals surface area contributed by atoms with Gasteiger partial charge in [0.1, 0.15) is 5.75 Å². The molecule has 1 aliphatic heterocycles. The minimum atomic E-state index is 0.207. The first kappa shape index (κ1) is 14.9. The van der Waals surface area contributed by atoms with Gasteiger partial charge in [0.25, 0.3) is 0 Å². The molecule has 110 valence electrons. The number of ether oxygens (including phenoxy) is 2. The molecule has 1 saturated heterocycles. The number of para-hydroxylation sites is 1. The third kappa shape index (κ3) is 4.53. The van der Waals surface area contributed by atoms with Crippen LogP contribution in [0.2, 0.25) is 0 Å². The monoisotopic (exact) mass is 277 g/mol. The number of hydrogen-bond acceptors (Lipinski definition) is 3. The minimum Gasteiger partial charge on any atom is -0.494 e. The molecular weight excluding hydrogens is 254 g/mol. The predicted octanol–water partition coefficient (Wildman–Crippen LogP) is 2.34. The minimum absolute atomic E-state index is 0.207. The van der Waals surface area contributed by atoms with Crippen LogP contribution in [0.5, 0.6) is 5.75 Å². The number of benzene rings is 1. The van der Waals surface area contributed by atoms with Crippen LogP contribution < -0.4 is 4.74 Å². The van der Waals surface area contributed by atoms with Gasteiger partial charge in [-0.15, -0.1) is 0 Å². The summed E-state index contributed by atoms with van der Waals surface area (Å²) in [6, 6.07) is 9.86. The van der Waals surface area contributed by atoms with Crippen LogP contribution in [0.25, 0.3) is 0 Å². The number of rotatable bonds is 7. The normalized spacial score (nSPS) is 18.2. The number of carbonyl (C=O) groups is 1. The van der Waals surface area contributed by atoms with Gasteiger partial charge in [-0.05, 0) is 30.9 Å². The molecule has 0 aromatic heterocycles. The van der Waals surface area contributed by atoms with Crippen molar-refractivity contribution in [3.8, 4) is 5.75 Å². The van der Waals surface area contributed by atoms with Gasteiger partial charge in [0, 0.05) is 20.2 Å². The molecule has 1 heterocycles. The first-order chi connectivity index (χ1) is 9.79. The van der Waals surface area contributed by atoms with E-state index in [4.69, 9.17) is 9.47 Å². The average molecular weight is 277 g/mol. The Balaban J connectivity index is 1.65. The Hall–Kier alpha value is -1.55. The lowest BCUT2D eigenvalue weighted by atomic mass is 10.1. The molecule has 1 aliphatic rings. The summed E-state index contributed by atoms with van der Waals surface area (Å²) in [7, 11) is 1.63. The molecule has 0 spiro atoms. The number of nitrogens with zero attached hydrogens (tertiary/aromatic N) is 1. The number of amides is 1. The highest BCUT2D eigenvalue weighted by molar-refractivity contribution is 5.76. The van der Waals surface area contributed by atoms with E-state index in [0.717, 1.165) is 38.3 Å². The highest BCUT2D eigenvalue weighted by Gasteiger charge is 2.25. The van der Waals surface area contributed by atoms with E-state index in [-0.39, 0.29) is 5.91 Å². The van der Waals surface area contributed by atoms with Crippen LogP contribution in [0, 0.1) is 5.92 Å². The molecule has 20 heavy (non-hydrogen) atoms. The van der Waals surface area contributed by atoms with E-state index >= 15 is 0 Å². The van der Waals surface area contributed by atoms with Gasteiger partial charge in [-0.1, -0.05) is 18.2 Å². The van der Waals surface area contributed by atoms with Crippen LogP contribution in [0.3, 0.4) is 0 Å². The molecule has 0 N–H and O–H groups in total. The number of carbonyl (C=O) groups excluding carboxylic acids is 1. The van der Waals surface area contributed by atoms with Gasteiger partial charge in [-0.3, -0.25) is 4.79 Å². The van der Waals surface area contributed by atoms with Crippen LogP contribution in [-0.2, 0) is 9.53 Å². The van der Waals surface area contributed by atoms with Crippen molar-refractivity contribution >= 4 is 5.91 Å². The predicted molar refractivity (Wildman–Crippen MR) is 77.7 cm³/mol. The molecule has 4 nitrogen and oxygen atoms in total. The summed E-state index contributed by atoms with van der Waals surface area (Å²) >= 11 is 0. The van der Waals surface area contributed by atoms with E-state index in [9.17, 15) is 4.79 Å². The highest BCUT2D eigenvalue weighted by Crippen LogP contribution is 2.21. The third-order valence-corrected chi connectivity index (χ3v) is 3.70. The van der Waals surface area contributed by atoms with Gasteiger partial charge in [0.15, 0.2) is 0 Å². The molecule has 0 saturated carbocycles. The molecule has 0 aliphatic carbocycles. The second kappa shape index (κ2) is 7.90. The number of hydrogen-bond donors (Lipinski definition) is 0. The summed E-state index contributed by atoms with van der Waals surface area (Å²) in [6.45, 7) is 2.96. The summed E-state index contributed by atoms with van der Waals surface area (Å²) in [6.07, 6.45) is 2.57. The van der Waals surface area contributed by atoms with E-state index < -0.39 is 0 Å². The second-order valence-corrected chi connectivity index (χ2v) is 5.19. The summed E-state index contributed by atoms with van der Waals surface area (Å²) in [4.78, 5) is 13.8. The Kier molecular flexibility index (Phi) is 5.87. The fourth-order valence-corrected chi connectivity index (χ4v) is 2.50. The molecule has 0 bridgehead atoms. The Bertz CT molecular complexity index is 407. The third-order valence-electron chi connectivity index (χ3n) is 3.70. The van der Waals surface area contributed by atoms with E-state index in [1.165, 1.54) is 0 Å². The van der Waals surface area contributed by atoms with E-state index in [0.29, 0.717) is 18.9 Å². The summed E-state index contributed by atoms with van der Waals surface area (Å²) in [5, 5.41) is 0. The van der Waals surface area contributed by atoms with Crippen molar-refractivity contribution in [1.82, 2.24) is 4.90 Å². The molecule has 0 radical (unpaired) electrons. The van der Waals surface area contributed by atoms with Crippen molar-refractivity contribution in [2.45, 2.75) is 19.3 Å². The quantitative estimate of drug-likeness (QED) is 0.768. The molecular formula is C16H23NO3. The molecule has 1 amide bonds. The van der Waals surface area contributed by atoms with Crippen molar-refractivity contribution in [1.29, 1.82) is 0 Å². The topological polar surface area (TPSA) is 38.8 Å². The zero-order chi connectivity index (χ0) is 14.2. The SMILES string of the molecule is COCCC(=O)N1CCC(CCOc2ccccc2)C1. The Morgan fingerprint density at radius 1 is 1.30 bits per heavy atom. The van der Waals surface area contributed by atoms with Gasteiger partial charge in [0.05, 0.1) is 19.6 Å². The van der Waals surface area contributed by atoms with Crippen molar-refractivity contribution < 1.29 is 14.3 Å². The first-order valence-corrected chi connectivity index (χ1v) is 7.24. The van der Waals surface area contributed by atoms with E-state index in [1.807, 2.05) is 35.2 Å². The maximum atomic E-state index is 11.9. The van der Waals surface area contributed by atoms with Crippen molar-refractivity contribution in [2.75, 3.05) is 33.4 Å². The Morgan fingerprint density at radius 2 is 2.10 bits per heavy atom. The Labute approximate surface area is 120 Å².